The first-order valence-corrected chi connectivity index (χ1v) is 10.6. The number of nitrogens with zero attached hydrogens (tertiary/aromatic N) is 2. The topological polar surface area (TPSA) is 153 Å². The van der Waals surface area contributed by atoms with Crippen molar-refractivity contribution >= 4 is 45.9 Å². The van der Waals surface area contributed by atoms with Crippen molar-refractivity contribution in [1.82, 2.24) is 0 Å². The average molecular weight is 500 g/mol. The predicted octanol–water partition coefficient (Wildman–Crippen LogP) is 5.53. The second-order valence-corrected chi connectivity index (χ2v) is 7.73. The molecule has 3 rings (SSSR count). The number of Topliss-reactive ketones (excluding diaryl/α,β-unsaturated/α-hetero) is 2. The highest BCUT2D eigenvalue weighted by atomic mass is 35.5. The predicted molar refractivity (Wildman–Crippen MR) is 132 cm³/mol. The van der Waals surface area contributed by atoms with Gasteiger partial charge in [0.25, 0.3) is 11.4 Å². The van der Waals surface area contributed by atoms with Crippen molar-refractivity contribution in [3.63, 3.8) is 0 Å². The maximum Gasteiger partial charge on any atom is 0.293 e. The van der Waals surface area contributed by atoms with Crippen LogP contribution in [0, 0.1) is 20.2 Å². The summed E-state index contributed by atoms with van der Waals surface area (Å²) >= 11 is 5.54. The highest BCUT2D eigenvalue weighted by molar-refractivity contribution is 6.32. The molecule has 0 saturated heterocycles. The molecule has 3 aromatic rings. The molecule has 182 valence electrons. The molecule has 0 aromatic heterocycles. The molecule has 0 spiro atoms. The number of carbonyl (C=O) groups excluding carboxylic acids is 2. The van der Waals surface area contributed by atoms with Gasteiger partial charge >= 0.3 is 0 Å². The molecule has 0 unspecified atom stereocenters. The molecule has 0 aliphatic carbocycles. The Balaban J connectivity index is 0.000000283. The van der Waals surface area contributed by atoms with Crippen LogP contribution in [0.3, 0.4) is 0 Å². The second kappa shape index (κ2) is 12.4. The van der Waals surface area contributed by atoms with Crippen molar-refractivity contribution < 1.29 is 24.5 Å². The van der Waals surface area contributed by atoms with Crippen LogP contribution in [0.5, 0.6) is 0 Å². The van der Waals surface area contributed by atoms with Gasteiger partial charge in [0.2, 0.25) is 0 Å². The Morgan fingerprint density at radius 3 is 1.86 bits per heavy atom. The number of ketones is 2. The molecular formula is C24H22ClN3O7. The number of hydrogen-bond acceptors (Lipinski definition) is 8. The third-order valence-electron chi connectivity index (χ3n) is 4.78. The smallest absolute Gasteiger partial charge is 0.293 e. The Kier molecular flexibility index (Phi) is 9.56. The van der Waals surface area contributed by atoms with Gasteiger partial charge in [-0.25, -0.2) is 0 Å². The molecular weight excluding hydrogens is 478 g/mol. The van der Waals surface area contributed by atoms with Crippen LogP contribution in [-0.4, -0.2) is 33.1 Å². The van der Waals surface area contributed by atoms with Crippen molar-refractivity contribution in [2.45, 2.75) is 20.3 Å². The molecule has 10 nitrogen and oxygen atoms in total. The number of hydrogen-bond donors (Lipinski definition) is 2. The molecule has 0 bridgehead atoms. The maximum absolute atomic E-state index is 11.3. The van der Waals surface area contributed by atoms with Crippen molar-refractivity contribution in [3.05, 3.63) is 103 Å². The summed E-state index contributed by atoms with van der Waals surface area (Å²) in [5.41, 5.74) is 2.20. The van der Waals surface area contributed by atoms with E-state index < -0.39 is 9.85 Å². The summed E-state index contributed by atoms with van der Waals surface area (Å²) in [5, 5.41) is 33.4. The van der Waals surface area contributed by atoms with Crippen molar-refractivity contribution in [1.29, 1.82) is 0 Å². The van der Waals surface area contributed by atoms with Gasteiger partial charge in [-0.05, 0) is 62.2 Å². The van der Waals surface area contributed by atoms with Crippen LogP contribution in [0.1, 0.15) is 40.1 Å². The van der Waals surface area contributed by atoms with E-state index in [9.17, 15) is 29.8 Å². The van der Waals surface area contributed by atoms with Crippen LogP contribution in [0.25, 0.3) is 0 Å². The lowest BCUT2D eigenvalue weighted by Crippen LogP contribution is -2.00. The Morgan fingerprint density at radius 2 is 1.37 bits per heavy atom. The van der Waals surface area contributed by atoms with Crippen molar-refractivity contribution in [3.8, 4) is 0 Å². The van der Waals surface area contributed by atoms with E-state index in [0.717, 1.165) is 5.56 Å². The number of carbonyl (C=O) groups is 2. The molecule has 3 aromatic carbocycles. The number of benzene rings is 3. The summed E-state index contributed by atoms with van der Waals surface area (Å²) in [6.45, 7) is 2.78. The standard InChI is InChI=1S/C16H16N2O4.C8H6ClNO3/c1-11(20)13-4-7-15(16(10-13)18(21)22)17-14-5-2-12(3-6-14)8-9-19;1-5(11)6-2-3-7(9)8(4-6)10(12)13/h2-7,10,17,19H,8-9H2,1H3;2-4H,1H3. The van der Waals surface area contributed by atoms with Gasteiger partial charge in [0.15, 0.2) is 11.6 Å². The zero-order valence-corrected chi connectivity index (χ0v) is 19.6. The van der Waals surface area contributed by atoms with Crippen molar-refractivity contribution in [2.24, 2.45) is 0 Å². The molecule has 0 saturated carbocycles. The zero-order valence-electron chi connectivity index (χ0n) is 18.9. The van der Waals surface area contributed by atoms with E-state index in [1.807, 2.05) is 12.1 Å². The molecule has 0 atom stereocenters. The van der Waals surface area contributed by atoms with Gasteiger partial charge in [0, 0.05) is 35.6 Å². The van der Waals surface area contributed by atoms with Crippen LogP contribution < -0.4 is 5.32 Å². The van der Waals surface area contributed by atoms with E-state index in [4.69, 9.17) is 16.7 Å². The van der Waals surface area contributed by atoms with Crippen LogP contribution in [0.15, 0.2) is 60.7 Å². The number of aliphatic hydroxyl groups excluding tert-OH is 1. The Bertz CT molecular complexity index is 1260. The van der Waals surface area contributed by atoms with Gasteiger partial charge in [0.1, 0.15) is 10.7 Å². The zero-order chi connectivity index (χ0) is 26.1. The highest BCUT2D eigenvalue weighted by Crippen LogP contribution is 2.29. The van der Waals surface area contributed by atoms with E-state index in [1.165, 1.54) is 44.2 Å². The fourth-order valence-electron chi connectivity index (χ4n) is 2.92. The first-order chi connectivity index (χ1) is 16.5. The minimum atomic E-state index is -0.616. The van der Waals surface area contributed by atoms with E-state index in [0.29, 0.717) is 23.4 Å². The van der Waals surface area contributed by atoms with Gasteiger partial charge in [-0.3, -0.25) is 29.8 Å². The average Bonchev–Trinajstić information content (AvgIpc) is 2.81. The monoisotopic (exact) mass is 499 g/mol. The van der Waals surface area contributed by atoms with Crippen LogP contribution in [0.2, 0.25) is 5.02 Å². The number of anilines is 2. The molecule has 11 heteroatoms. The van der Waals surface area contributed by atoms with Crippen LogP contribution in [-0.2, 0) is 6.42 Å². The molecule has 0 aliphatic heterocycles. The fraction of sp³-hybridized carbons (Fsp3) is 0.167. The molecule has 0 fully saturated rings. The normalized spacial score (nSPS) is 10.1. The third-order valence-corrected chi connectivity index (χ3v) is 5.10. The Morgan fingerprint density at radius 1 is 0.857 bits per heavy atom. The van der Waals surface area contributed by atoms with Gasteiger partial charge in [-0.15, -0.1) is 0 Å². The van der Waals surface area contributed by atoms with Gasteiger partial charge in [-0.2, -0.15) is 0 Å². The van der Waals surface area contributed by atoms with E-state index in [2.05, 4.69) is 5.32 Å². The van der Waals surface area contributed by atoms with Gasteiger partial charge in [-0.1, -0.05) is 23.7 Å². The maximum atomic E-state index is 11.3. The minimum absolute atomic E-state index is 0.0370. The largest absolute Gasteiger partial charge is 0.396 e. The Hall–Kier alpha value is -4.15. The van der Waals surface area contributed by atoms with E-state index >= 15 is 0 Å². The summed E-state index contributed by atoms with van der Waals surface area (Å²) in [5.74, 6) is -0.442. The molecule has 0 amide bonds. The lowest BCUT2D eigenvalue weighted by atomic mass is 10.1. The third kappa shape index (κ3) is 7.70. The summed E-state index contributed by atoms with van der Waals surface area (Å²) in [4.78, 5) is 42.6. The molecule has 0 radical (unpaired) electrons. The number of nitrogens with one attached hydrogen (secondary N) is 1. The van der Waals surface area contributed by atoms with E-state index in [1.54, 1.807) is 18.2 Å². The summed E-state index contributed by atoms with van der Waals surface area (Å²) in [6, 6.07) is 15.6. The second-order valence-electron chi connectivity index (χ2n) is 7.32. The van der Waals surface area contributed by atoms with Crippen LogP contribution in [0.4, 0.5) is 22.7 Å². The lowest BCUT2D eigenvalue weighted by Gasteiger charge is -2.09. The fourth-order valence-corrected chi connectivity index (χ4v) is 3.10. The quantitative estimate of drug-likeness (QED) is 0.233. The van der Waals surface area contributed by atoms with Gasteiger partial charge < -0.3 is 10.4 Å². The molecule has 0 aliphatic rings. The SMILES string of the molecule is CC(=O)c1ccc(Cl)c([N+](=O)[O-])c1.CC(=O)c1ccc(Nc2ccc(CCO)cc2)c([N+](=O)[O-])c1. The van der Waals surface area contributed by atoms with Crippen LogP contribution >= 0.6 is 11.6 Å². The molecule has 2 N–H and O–H groups in total. The number of rotatable bonds is 8. The van der Waals surface area contributed by atoms with Crippen molar-refractivity contribution in [2.75, 3.05) is 11.9 Å². The van der Waals surface area contributed by atoms with E-state index in [-0.39, 0.29) is 40.1 Å². The molecule has 0 heterocycles. The first kappa shape index (κ1) is 27.1. The summed E-state index contributed by atoms with van der Waals surface area (Å²) in [7, 11) is 0. The highest BCUT2D eigenvalue weighted by Gasteiger charge is 2.16. The number of nitro groups is 2. The first-order valence-electron chi connectivity index (χ1n) is 10.2. The summed E-state index contributed by atoms with van der Waals surface area (Å²) in [6.07, 6.45) is 0.563. The van der Waals surface area contributed by atoms with Gasteiger partial charge in [0.05, 0.1) is 9.85 Å². The summed E-state index contributed by atoms with van der Waals surface area (Å²) < 4.78 is 0. The minimum Gasteiger partial charge on any atom is -0.396 e. The number of nitro benzene ring substituents is 2. The number of halogens is 1. The number of aliphatic hydroxyl groups is 1. The Labute approximate surface area is 205 Å². The molecule has 35 heavy (non-hydrogen) atoms. The lowest BCUT2D eigenvalue weighted by molar-refractivity contribution is -0.384.